The third kappa shape index (κ3) is 3.82. The van der Waals surface area contributed by atoms with Gasteiger partial charge in [0.05, 0.1) is 17.5 Å². The number of halogens is 1. The first kappa shape index (κ1) is 20.1. The Hall–Kier alpha value is -1.14. The van der Waals surface area contributed by atoms with E-state index in [1.165, 1.54) is 12.1 Å². The summed E-state index contributed by atoms with van der Waals surface area (Å²) in [5.41, 5.74) is 0. The Labute approximate surface area is 163 Å². The predicted octanol–water partition coefficient (Wildman–Crippen LogP) is 1.50. The van der Waals surface area contributed by atoms with Crippen LogP contribution in [0.15, 0.2) is 29.2 Å². The predicted molar refractivity (Wildman–Crippen MR) is 94.1 cm³/mol. The van der Waals surface area contributed by atoms with Crippen molar-refractivity contribution in [2.75, 3.05) is 6.61 Å². The van der Waals surface area contributed by atoms with E-state index in [0.29, 0.717) is 0 Å². The van der Waals surface area contributed by atoms with Crippen LogP contribution in [0.4, 0.5) is 4.39 Å². The molecule has 1 unspecified atom stereocenters. The summed E-state index contributed by atoms with van der Waals surface area (Å²) in [5.74, 6) is -2.23. The lowest BCUT2D eigenvalue weighted by Gasteiger charge is -2.29. The van der Waals surface area contributed by atoms with E-state index >= 15 is 0 Å². The van der Waals surface area contributed by atoms with E-state index in [4.69, 9.17) is 23.7 Å². The van der Waals surface area contributed by atoms with Crippen LogP contribution in [0, 0.1) is 5.82 Å². The Kier molecular flexibility index (Phi) is 4.82. The van der Waals surface area contributed by atoms with Gasteiger partial charge >= 0.3 is 0 Å². The fraction of sp³-hybridized carbons (Fsp3) is 0.667. The SMILES string of the molecule is CC1(C)OCC([C@H]2O[C@@H]3OC(C)(C)O[C@@H]3[C@@H]2NS(=O)(=O)c2ccc(F)cc2)O1. The Morgan fingerprint density at radius 3 is 2.29 bits per heavy atom. The van der Waals surface area contributed by atoms with E-state index in [1.54, 1.807) is 27.7 Å². The van der Waals surface area contributed by atoms with E-state index in [1.807, 2.05) is 0 Å². The van der Waals surface area contributed by atoms with Gasteiger partial charge in [0.1, 0.15) is 24.1 Å². The van der Waals surface area contributed by atoms with Crippen molar-refractivity contribution < 1.29 is 36.5 Å². The van der Waals surface area contributed by atoms with Gasteiger partial charge in [0.2, 0.25) is 10.0 Å². The summed E-state index contributed by atoms with van der Waals surface area (Å²) in [6.07, 6.45) is -2.59. The average Bonchev–Trinajstić information content (AvgIpc) is 3.18. The molecule has 3 fully saturated rings. The quantitative estimate of drug-likeness (QED) is 0.794. The first-order chi connectivity index (χ1) is 13.0. The van der Waals surface area contributed by atoms with Gasteiger partial charge in [0, 0.05) is 0 Å². The molecule has 3 heterocycles. The first-order valence-electron chi connectivity index (χ1n) is 9.07. The number of rotatable bonds is 4. The van der Waals surface area contributed by atoms with Gasteiger partial charge in [0.15, 0.2) is 17.9 Å². The molecule has 0 amide bonds. The van der Waals surface area contributed by atoms with Gasteiger partial charge in [-0.1, -0.05) is 0 Å². The summed E-state index contributed by atoms with van der Waals surface area (Å²) in [5, 5.41) is 0. The molecule has 0 saturated carbocycles. The number of benzene rings is 1. The lowest BCUT2D eigenvalue weighted by Crippen LogP contribution is -2.52. The first-order valence-corrected chi connectivity index (χ1v) is 10.5. The summed E-state index contributed by atoms with van der Waals surface area (Å²) in [6.45, 7) is 7.25. The standard InChI is InChI=1S/C18H24FNO7S/c1-17(2)23-9-12(25-17)14-13(15-16(24-14)27-18(3,4)26-15)20-28(21,22)11-7-5-10(19)6-8-11/h5-8,12-16,20H,9H2,1-4H3/t12?,13-,14-,15-,16-/m1/s1. The number of sulfonamides is 1. The second-order valence-electron chi connectivity index (χ2n) is 8.04. The molecular formula is C18H24FNO7S. The Morgan fingerprint density at radius 1 is 1.00 bits per heavy atom. The van der Waals surface area contributed by atoms with E-state index in [2.05, 4.69) is 4.72 Å². The second-order valence-corrected chi connectivity index (χ2v) is 9.75. The third-order valence-corrected chi connectivity index (χ3v) is 6.37. The Balaban J connectivity index is 1.61. The molecule has 156 valence electrons. The molecule has 3 aliphatic rings. The maximum Gasteiger partial charge on any atom is 0.241 e. The molecule has 10 heteroatoms. The van der Waals surface area contributed by atoms with Gasteiger partial charge in [-0.05, 0) is 52.0 Å². The normalized spacial score (nSPS) is 36.5. The number of nitrogens with one attached hydrogen (secondary N) is 1. The molecule has 3 aliphatic heterocycles. The Morgan fingerprint density at radius 2 is 1.68 bits per heavy atom. The van der Waals surface area contributed by atoms with Gasteiger partial charge in [0.25, 0.3) is 0 Å². The zero-order valence-corrected chi connectivity index (χ0v) is 16.9. The second kappa shape index (κ2) is 6.69. The minimum absolute atomic E-state index is 0.0572. The lowest BCUT2D eigenvalue weighted by molar-refractivity contribution is -0.223. The highest BCUT2D eigenvalue weighted by Gasteiger charge is 2.59. The zero-order valence-electron chi connectivity index (χ0n) is 16.0. The van der Waals surface area contributed by atoms with Crippen molar-refractivity contribution in [3.8, 4) is 0 Å². The lowest BCUT2D eigenvalue weighted by atomic mass is 10.0. The fourth-order valence-corrected chi connectivity index (χ4v) is 4.98. The molecule has 0 radical (unpaired) electrons. The van der Waals surface area contributed by atoms with Crippen molar-refractivity contribution in [3.63, 3.8) is 0 Å². The molecule has 28 heavy (non-hydrogen) atoms. The largest absolute Gasteiger partial charge is 0.348 e. The smallest absolute Gasteiger partial charge is 0.241 e. The van der Waals surface area contributed by atoms with Gasteiger partial charge < -0.3 is 23.7 Å². The van der Waals surface area contributed by atoms with Gasteiger partial charge in [-0.3, -0.25) is 0 Å². The number of ether oxygens (including phenoxy) is 5. The monoisotopic (exact) mass is 417 g/mol. The molecule has 0 bridgehead atoms. The van der Waals surface area contributed by atoms with E-state index in [-0.39, 0.29) is 11.5 Å². The van der Waals surface area contributed by atoms with E-state index in [0.717, 1.165) is 12.1 Å². The molecule has 0 aliphatic carbocycles. The molecule has 4 rings (SSSR count). The molecule has 0 aromatic heterocycles. The van der Waals surface area contributed by atoms with Crippen LogP contribution >= 0.6 is 0 Å². The van der Waals surface area contributed by atoms with Crippen LogP contribution in [0.25, 0.3) is 0 Å². The molecule has 8 nitrogen and oxygen atoms in total. The highest BCUT2D eigenvalue weighted by Crippen LogP contribution is 2.41. The summed E-state index contributed by atoms with van der Waals surface area (Å²) < 4.78 is 70.7. The van der Waals surface area contributed by atoms with Crippen LogP contribution in [-0.4, -0.2) is 57.2 Å². The molecular weight excluding hydrogens is 393 g/mol. The maximum absolute atomic E-state index is 13.2. The highest BCUT2D eigenvalue weighted by atomic mass is 32.2. The molecule has 1 N–H and O–H groups in total. The zero-order chi connectivity index (χ0) is 20.3. The van der Waals surface area contributed by atoms with Crippen molar-refractivity contribution in [2.45, 2.75) is 74.8 Å². The van der Waals surface area contributed by atoms with Crippen LogP contribution in [0.3, 0.4) is 0 Å². The number of hydrogen-bond donors (Lipinski definition) is 1. The van der Waals surface area contributed by atoms with Crippen LogP contribution in [0.1, 0.15) is 27.7 Å². The summed E-state index contributed by atoms with van der Waals surface area (Å²) in [4.78, 5) is -0.0572. The van der Waals surface area contributed by atoms with E-state index in [9.17, 15) is 12.8 Å². The van der Waals surface area contributed by atoms with Crippen LogP contribution in [0.5, 0.6) is 0 Å². The fourth-order valence-electron chi connectivity index (χ4n) is 3.72. The number of hydrogen-bond acceptors (Lipinski definition) is 7. The third-order valence-electron chi connectivity index (χ3n) is 4.90. The molecule has 5 atom stereocenters. The topological polar surface area (TPSA) is 92.3 Å². The van der Waals surface area contributed by atoms with Crippen molar-refractivity contribution in [3.05, 3.63) is 30.1 Å². The van der Waals surface area contributed by atoms with Gasteiger partial charge in [-0.15, -0.1) is 0 Å². The molecule has 3 saturated heterocycles. The summed E-state index contributed by atoms with van der Waals surface area (Å²) >= 11 is 0. The molecule has 1 aromatic carbocycles. The summed E-state index contributed by atoms with van der Waals surface area (Å²) in [7, 11) is -3.96. The molecule has 1 aromatic rings. The van der Waals surface area contributed by atoms with Gasteiger partial charge in [-0.2, -0.15) is 0 Å². The van der Waals surface area contributed by atoms with Crippen LogP contribution < -0.4 is 4.72 Å². The van der Waals surface area contributed by atoms with Crippen LogP contribution in [-0.2, 0) is 33.7 Å². The maximum atomic E-state index is 13.2. The minimum atomic E-state index is -3.96. The average molecular weight is 417 g/mol. The molecule has 0 spiro atoms. The Bertz CT molecular complexity index is 842. The van der Waals surface area contributed by atoms with Crippen molar-refractivity contribution in [1.29, 1.82) is 0 Å². The summed E-state index contributed by atoms with van der Waals surface area (Å²) in [6, 6.07) is 3.82. The van der Waals surface area contributed by atoms with Crippen molar-refractivity contribution in [2.24, 2.45) is 0 Å². The van der Waals surface area contributed by atoms with Gasteiger partial charge in [-0.25, -0.2) is 17.5 Å². The van der Waals surface area contributed by atoms with Crippen LogP contribution in [0.2, 0.25) is 0 Å². The minimum Gasteiger partial charge on any atom is -0.348 e. The van der Waals surface area contributed by atoms with E-state index < -0.39 is 58.1 Å². The highest BCUT2D eigenvalue weighted by molar-refractivity contribution is 7.89. The van der Waals surface area contributed by atoms with Crippen molar-refractivity contribution >= 4 is 10.0 Å². The van der Waals surface area contributed by atoms with Crippen molar-refractivity contribution in [1.82, 2.24) is 4.72 Å². The number of fused-ring (bicyclic) bond motifs is 1.